The van der Waals surface area contributed by atoms with Gasteiger partial charge in [0.05, 0.1) is 27.5 Å². The lowest BCUT2D eigenvalue weighted by molar-refractivity contribution is 0.777. The summed E-state index contributed by atoms with van der Waals surface area (Å²) in [5.74, 6) is 0. The molecule has 0 radical (unpaired) electrons. The van der Waals surface area contributed by atoms with Crippen molar-refractivity contribution in [1.29, 1.82) is 0 Å². The van der Waals surface area contributed by atoms with Crippen LogP contribution in [0.25, 0.3) is 37.2 Å². The van der Waals surface area contributed by atoms with Gasteiger partial charge in [-0.2, -0.15) is 10.2 Å². The number of rotatable bonds is 3. The lowest BCUT2D eigenvalue weighted by Gasteiger charge is -2.02. The van der Waals surface area contributed by atoms with Crippen LogP contribution in [0.15, 0.2) is 54.2 Å². The fourth-order valence-corrected chi connectivity index (χ4v) is 5.31. The minimum atomic E-state index is 0.990. The van der Waals surface area contributed by atoms with E-state index in [1.807, 2.05) is 59.8 Å². The molecule has 5 rings (SSSR count). The molecule has 0 saturated carbocycles. The van der Waals surface area contributed by atoms with Gasteiger partial charge >= 0.3 is 0 Å². The molecule has 1 aromatic carbocycles. The molecule has 0 fully saturated rings. The average molecular weight is 377 g/mol. The van der Waals surface area contributed by atoms with Crippen LogP contribution in [0, 0.1) is 6.92 Å². The summed E-state index contributed by atoms with van der Waals surface area (Å²) < 4.78 is 3.83. The Kier molecular flexibility index (Phi) is 3.51. The second kappa shape index (κ2) is 5.89. The van der Waals surface area contributed by atoms with Crippen LogP contribution in [0.5, 0.6) is 0 Å². The first-order valence-corrected chi connectivity index (χ1v) is 9.89. The van der Waals surface area contributed by atoms with Crippen LogP contribution >= 0.6 is 22.7 Å². The second-order valence-electron chi connectivity index (χ2n) is 6.02. The Bertz CT molecular complexity index is 1210. The first-order valence-electron chi connectivity index (χ1n) is 8.20. The summed E-state index contributed by atoms with van der Waals surface area (Å²) in [7, 11) is 1.96. The minimum absolute atomic E-state index is 0.990. The molecule has 4 aromatic heterocycles. The molecule has 0 aliphatic rings. The van der Waals surface area contributed by atoms with E-state index in [2.05, 4.69) is 27.7 Å². The van der Waals surface area contributed by atoms with Crippen LogP contribution in [0.2, 0.25) is 0 Å². The minimum Gasteiger partial charge on any atom is -0.267 e. The summed E-state index contributed by atoms with van der Waals surface area (Å²) >= 11 is 3.39. The molecule has 0 atom stereocenters. The summed E-state index contributed by atoms with van der Waals surface area (Å²) in [6.07, 6.45) is 3.82. The van der Waals surface area contributed by atoms with Gasteiger partial charge in [-0.25, -0.2) is 9.50 Å². The van der Waals surface area contributed by atoms with Gasteiger partial charge in [-0.3, -0.25) is 4.68 Å². The van der Waals surface area contributed by atoms with Gasteiger partial charge in [0.2, 0.25) is 0 Å². The van der Waals surface area contributed by atoms with Gasteiger partial charge < -0.3 is 0 Å². The van der Waals surface area contributed by atoms with Crippen LogP contribution in [-0.4, -0.2) is 24.4 Å². The predicted molar refractivity (Wildman–Crippen MR) is 107 cm³/mol. The van der Waals surface area contributed by atoms with E-state index in [4.69, 9.17) is 4.98 Å². The van der Waals surface area contributed by atoms with Gasteiger partial charge in [0.15, 0.2) is 0 Å². The predicted octanol–water partition coefficient (Wildman–Crippen LogP) is 4.90. The summed E-state index contributed by atoms with van der Waals surface area (Å²) in [6.45, 7) is 2.04. The van der Waals surface area contributed by atoms with Crippen molar-refractivity contribution in [3.63, 3.8) is 0 Å². The molecule has 0 saturated heterocycles. The van der Waals surface area contributed by atoms with Gasteiger partial charge in [-0.05, 0) is 13.0 Å². The fraction of sp³-hybridized carbons (Fsp3) is 0.105. The third-order valence-corrected chi connectivity index (χ3v) is 6.33. The molecular weight excluding hydrogens is 362 g/mol. The Hall–Kier alpha value is -2.77. The number of hydrogen-bond acceptors (Lipinski definition) is 5. The molecule has 0 N–H and O–H groups in total. The highest BCUT2D eigenvalue weighted by molar-refractivity contribution is 7.20. The number of nitrogens with zero attached hydrogens (tertiary/aromatic N) is 5. The standard InChI is InChI=1S/C19H15N5S2/c1-12-15(19-24(22-12)10-11-25-19)18-21-16(13-6-4-3-5-7-13)17(26-18)14-8-9-20-23(14)2/h3-11H,1-2H3. The number of hydrogen-bond donors (Lipinski definition) is 0. The Labute approximate surface area is 158 Å². The average Bonchev–Trinajstić information content (AvgIpc) is 3.39. The van der Waals surface area contributed by atoms with Crippen molar-refractivity contribution < 1.29 is 0 Å². The summed E-state index contributed by atoms with van der Waals surface area (Å²) in [5, 5.41) is 12.0. The smallest absolute Gasteiger partial charge is 0.129 e. The van der Waals surface area contributed by atoms with Gasteiger partial charge in [0.1, 0.15) is 9.84 Å². The number of fused-ring (bicyclic) bond motifs is 1. The molecule has 26 heavy (non-hydrogen) atoms. The van der Waals surface area contributed by atoms with Crippen LogP contribution in [0.3, 0.4) is 0 Å². The van der Waals surface area contributed by atoms with Crippen LogP contribution in [-0.2, 0) is 7.05 Å². The third kappa shape index (κ3) is 2.32. The molecule has 7 heteroatoms. The molecule has 0 unspecified atom stereocenters. The largest absolute Gasteiger partial charge is 0.267 e. The van der Waals surface area contributed by atoms with Gasteiger partial charge in [0.25, 0.3) is 0 Å². The molecular formula is C19H15N5S2. The van der Waals surface area contributed by atoms with Gasteiger partial charge in [0, 0.05) is 30.4 Å². The highest BCUT2D eigenvalue weighted by Crippen LogP contribution is 2.42. The molecule has 0 bridgehead atoms. The highest BCUT2D eigenvalue weighted by Gasteiger charge is 2.22. The first kappa shape index (κ1) is 15.5. The molecule has 0 aliphatic heterocycles. The topological polar surface area (TPSA) is 48.0 Å². The molecule has 128 valence electrons. The van der Waals surface area contributed by atoms with Crippen molar-refractivity contribution in [2.45, 2.75) is 6.92 Å². The van der Waals surface area contributed by atoms with E-state index in [-0.39, 0.29) is 0 Å². The molecule has 0 aliphatic carbocycles. The lowest BCUT2D eigenvalue weighted by Crippen LogP contribution is -1.93. The first-order chi connectivity index (χ1) is 12.7. The number of thiazole rings is 2. The third-order valence-electron chi connectivity index (χ3n) is 4.37. The van der Waals surface area contributed by atoms with Crippen molar-refractivity contribution in [3.8, 4) is 32.4 Å². The zero-order valence-corrected chi connectivity index (χ0v) is 15.9. The maximum Gasteiger partial charge on any atom is 0.129 e. The number of aromatic nitrogens is 5. The van der Waals surface area contributed by atoms with E-state index in [1.54, 1.807) is 22.7 Å². The van der Waals surface area contributed by atoms with Crippen LogP contribution in [0.4, 0.5) is 0 Å². The van der Waals surface area contributed by atoms with Crippen molar-refractivity contribution in [2.24, 2.45) is 7.05 Å². The summed E-state index contributed by atoms with van der Waals surface area (Å²) in [4.78, 5) is 7.30. The Morgan fingerprint density at radius 2 is 1.92 bits per heavy atom. The Morgan fingerprint density at radius 1 is 1.08 bits per heavy atom. The van der Waals surface area contributed by atoms with Crippen molar-refractivity contribution >= 4 is 27.5 Å². The van der Waals surface area contributed by atoms with E-state index in [1.165, 1.54) is 0 Å². The van der Waals surface area contributed by atoms with Crippen molar-refractivity contribution in [3.05, 3.63) is 59.9 Å². The summed E-state index contributed by atoms with van der Waals surface area (Å²) in [5.41, 5.74) is 5.29. The monoisotopic (exact) mass is 377 g/mol. The normalized spacial score (nSPS) is 11.5. The van der Waals surface area contributed by atoms with Crippen LogP contribution < -0.4 is 0 Å². The Morgan fingerprint density at radius 3 is 2.69 bits per heavy atom. The quantitative estimate of drug-likeness (QED) is 0.449. The maximum atomic E-state index is 5.04. The fourth-order valence-electron chi connectivity index (χ4n) is 3.13. The number of benzene rings is 1. The van der Waals surface area contributed by atoms with Crippen molar-refractivity contribution in [2.75, 3.05) is 0 Å². The van der Waals surface area contributed by atoms with Gasteiger partial charge in [-0.15, -0.1) is 22.7 Å². The van der Waals surface area contributed by atoms with E-state index < -0.39 is 0 Å². The second-order valence-corrected chi connectivity index (χ2v) is 7.91. The van der Waals surface area contributed by atoms with E-state index >= 15 is 0 Å². The molecule has 5 nitrogen and oxygen atoms in total. The molecule has 0 amide bonds. The van der Waals surface area contributed by atoms with E-state index in [9.17, 15) is 0 Å². The van der Waals surface area contributed by atoms with Gasteiger partial charge in [-0.1, -0.05) is 30.3 Å². The maximum absolute atomic E-state index is 5.04. The Balaban J connectivity index is 1.79. The summed E-state index contributed by atoms with van der Waals surface area (Å²) in [6, 6.07) is 12.4. The molecule has 4 heterocycles. The SMILES string of the molecule is Cc1nn2ccsc2c1-c1nc(-c2ccccc2)c(-c2ccnn2C)s1. The molecule has 0 spiro atoms. The van der Waals surface area contributed by atoms with E-state index in [0.29, 0.717) is 0 Å². The highest BCUT2D eigenvalue weighted by atomic mass is 32.1. The zero-order chi connectivity index (χ0) is 17.7. The zero-order valence-electron chi connectivity index (χ0n) is 14.2. The van der Waals surface area contributed by atoms with E-state index in [0.717, 1.165) is 42.9 Å². The van der Waals surface area contributed by atoms with Crippen LogP contribution in [0.1, 0.15) is 5.69 Å². The van der Waals surface area contributed by atoms with Crippen molar-refractivity contribution in [1.82, 2.24) is 24.4 Å². The number of aryl methyl sites for hydroxylation is 2. The molecule has 5 aromatic rings. The lowest BCUT2D eigenvalue weighted by atomic mass is 10.1.